The number of likely N-dealkylation sites (tertiary alicyclic amines) is 1. The van der Waals surface area contributed by atoms with Crippen molar-refractivity contribution in [2.75, 3.05) is 25.9 Å². The first-order chi connectivity index (χ1) is 11.1. The zero-order valence-corrected chi connectivity index (χ0v) is 13.6. The molecule has 1 aliphatic heterocycles. The van der Waals surface area contributed by atoms with Gasteiger partial charge in [0.1, 0.15) is 11.6 Å². The van der Waals surface area contributed by atoms with E-state index < -0.39 is 0 Å². The van der Waals surface area contributed by atoms with Gasteiger partial charge in [-0.3, -0.25) is 9.80 Å². The summed E-state index contributed by atoms with van der Waals surface area (Å²) in [5.41, 5.74) is 5.72. The lowest BCUT2D eigenvalue weighted by Gasteiger charge is -2.36. The van der Waals surface area contributed by atoms with Gasteiger partial charge >= 0.3 is 0 Å². The molecule has 2 aromatic heterocycles. The maximum absolute atomic E-state index is 5.72. The number of nitrogen functional groups attached to an aromatic ring is 1. The summed E-state index contributed by atoms with van der Waals surface area (Å²) >= 11 is 0. The normalized spacial score (nSPS) is 19.3. The van der Waals surface area contributed by atoms with Crippen molar-refractivity contribution < 1.29 is 4.52 Å². The number of aryl methyl sites for hydroxylation is 1. The van der Waals surface area contributed by atoms with Crippen LogP contribution in [-0.4, -0.2) is 56.1 Å². The van der Waals surface area contributed by atoms with Gasteiger partial charge in [0.05, 0.1) is 13.1 Å². The maximum Gasteiger partial charge on any atom is 0.223 e. The molecule has 0 radical (unpaired) electrons. The molecule has 0 aliphatic carbocycles. The molecular formula is C15H23N7O. The summed E-state index contributed by atoms with van der Waals surface area (Å²) in [6.45, 7) is 5.29. The second-order valence-corrected chi connectivity index (χ2v) is 6.07. The van der Waals surface area contributed by atoms with E-state index in [1.165, 1.54) is 6.42 Å². The number of nitrogens with two attached hydrogens (primary N) is 1. The molecule has 0 amide bonds. The number of hydrogen-bond acceptors (Lipinski definition) is 8. The van der Waals surface area contributed by atoms with E-state index in [0.717, 1.165) is 37.7 Å². The molecule has 2 N–H and O–H groups in total. The Morgan fingerprint density at radius 3 is 3.00 bits per heavy atom. The van der Waals surface area contributed by atoms with Crippen molar-refractivity contribution in [2.45, 2.75) is 38.9 Å². The minimum atomic E-state index is 0.460. The number of aromatic nitrogens is 4. The Labute approximate surface area is 135 Å². The van der Waals surface area contributed by atoms with Crippen LogP contribution in [0, 0.1) is 6.92 Å². The molecule has 0 bridgehead atoms. The smallest absolute Gasteiger partial charge is 0.223 e. The average Bonchev–Trinajstić information content (AvgIpc) is 2.92. The minimum Gasteiger partial charge on any atom is -0.384 e. The summed E-state index contributed by atoms with van der Waals surface area (Å²) in [5, 5.41) is 3.98. The molecule has 124 valence electrons. The molecule has 8 heteroatoms. The molecule has 1 unspecified atom stereocenters. The van der Waals surface area contributed by atoms with Crippen LogP contribution in [0.5, 0.6) is 0 Å². The van der Waals surface area contributed by atoms with Crippen LogP contribution in [0.1, 0.15) is 30.4 Å². The number of rotatable bonds is 5. The average molecular weight is 317 g/mol. The summed E-state index contributed by atoms with van der Waals surface area (Å²) in [6.07, 6.45) is 4.03. The van der Waals surface area contributed by atoms with Crippen LogP contribution in [0.4, 0.5) is 5.82 Å². The highest BCUT2D eigenvalue weighted by Gasteiger charge is 2.24. The first kappa shape index (κ1) is 15.8. The van der Waals surface area contributed by atoms with Crippen LogP contribution in [0.3, 0.4) is 0 Å². The van der Waals surface area contributed by atoms with Crippen LogP contribution in [0.15, 0.2) is 16.8 Å². The van der Waals surface area contributed by atoms with Gasteiger partial charge in [0.25, 0.3) is 0 Å². The lowest BCUT2D eigenvalue weighted by Crippen LogP contribution is -2.46. The van der Waals surface area contributed by atoms with E-state index in [0.29, 0.717) is 24.3 Å². The number of piperidine rings is 1. The molecule has 1 fully saturated rings. The Morgan fingerprint density at radius 2 is 2.26 bits per heavy atom. The van der Waals surface area contributed by atoms with Crippen LogP contribution in [0.25, 0.3) is 0 Å². The van der Waals surface area contributed by atoms with Gasteiger partial charge in [-0.15, -0.1) is 0 Å². The molecule has 0 spiro atoms. The fourth-order valence-corrected chi connectivity index (χ4v) is 2.98. The Hall–Kier alpha value is -2.06. The first-order valence-electron chi connectivity index (χ1n) is 7.89. The number of likely N-dealkylation sites (N-methyl/N-ethyl adjacent to an activating group) is 1. The molecule has 0 aromatic carbocycles. The molecule has 3 heterocycles. The third-order valence-electron chi connectivity index (χ3n) is 4.16. The van der Waals surface area contributed by atoms with Crippen molar-refractivity contribution in [3.05, 3.63) is 29.8 Å². The van der Waals surface area contributed by atoms with Crippen molar-refractivity contribution in [3.8, 4) is 0 Å². The second-order valence-electron chi connectivity index (χ2n) is 6.07. The molecule has 8 nitrogen and oxygen atoms in total. The van der Waals surface area contributed by atoms with Crippen molar-refractivity contribution in [3.63, 3.8) is 0 Å². The van der Waals surface area contributed by atoms with Gasteiger partial charge in [-0.2, -0.15) is 4.98 Å². The first-order valence-corrected chi connectivity index (χ1v) is 7.89. The molecule has 1 aliphatic rings. The molecule has 1 atom stereocenters. The van der Waals surface area contributed by atoms with Crippen molar-refractivity contribution >= 4 is 5.82 Å². The van der Waals surface area contributed by atoms with E-state index in [-0.39, 0.29) is 0 Å². The number of nitrogens with zero attached hydrogens (tertiary/aromatic N) is 6. The third-order valence-corrected chi connectivity index (χ3v) is 4.16. The van der Waals surface area contributed by atoms with Gasteiger partial charge in [-0.05, 0) is 32.5 Å². The molecule has 3 rings (SSSR count). The highest BCUT2D eigenvalue weighted by atomic mass is 16.5. The van der Waals surface area contributed by atoms with Gasteiger partial charge in [0.2, 0.25) is 5.89 Å². The zero-order chi connectivity index (χ0) is 16.2. The quantitative estimate of drug-likeness (QED) is 0.866. The van der Waals surface area contributed by atoms with Gasteiger partial charge in [-0.1, -0.05) is 5.16 Å². The maximum atomic E-state index is 5.72. The Balaban J connectivity index is 1.57. The molecule has 0 saturated carbocycles. The van der Waals surface area contributed by atoms with Crippen molar-refractivity contribution in [1.82, 2.24) is 29.9 Å². The Kier molecular flexibility index (Phi) is 4.82. The lowest BCUT2D eigenvalue weighted by molar-refractivity contribution is 0.103. The van der Waals surface area contributed by atoms with E-state index in [2.05, 4.69) is 37.0 Å². The lowest BCUT2D eigenvalue weighted by atomic mass is 10.0. The zero-order valence-electron chi connectivity index (χ0n) is 13.6. The van der Waals surface area contributed by atoms with Gasteiger partial charge in [0.15, 0.2) is 5.82 Å². The van der Waals surface area contributed by atoms with E-state index in [1.807, 2.05) is 6.92 Å². The van der Waals surface area contributed by atoms with Gasteiger partial charge in [0, 0.05) is 25.7 Å². The van der Waals surface area contributed by atoms with Gasteiger partial charge in [-0.25, -0.2) is 9.97 Å². The highest BCUT2D eigenvalue weighted by molar-refractivity contribution is 5.24. The summed E-state index contributed by atoms with van der Waals surface area (Å²) in [6, 6.07) is 2.17. The Morgan fingerprint density at radius 1 is 1.39 bits per heavy atom. The predicted octanol–water partition coefficient (Wildman–Crippen LogP) is 0.847. The van der Waals surface area contributed by atoms with Crippen LogP contribution in [-0.2, 0) is 13.1 Å². The SMILES string of the molecule is Cc1nc(CN2CCCC(N(C)Cc3nccc(N)n3)C2)no1. The van der Waals surface area contributed by atoms with E-state index in [9.17, 15) is 0 Å². The largest absolute Gasteiger partial charge is 0.384 e. The van der Waals surface area contributed by atoms with E-state index in [1.54, 1.807) is 12.3 Å². The summed E-state index contributed by atoms with van der Waals surface area (Å²) in [4.78, 5) is 17.5. The second kappa shape index (κ2) is 7.01. The van der Waals surface area contributed by atoms with Crippen molar-refractivity contribution in [1.29, 1.82) is 0 Å². The number of hydrogen-bond donors (Lipinski definition) is 1. The van der Waals surface area contributed by atoms with Crippen molar-refractivity contribution in [2.24, 2.45) is 0 Å². The summed E-state index contributed by atoms with van der Waals surface area (Å²) < 4.78 is 5.04. The fraction of sp³-hybridized carbons (Fsp3) is 0.600. The Bertz CT molecular complexity index is 644. The molecule has 1 saturated heterocycles. The van der Waals surface area contributed by atoms with Crippen LogP contribution < -0.4 is 5.73 Å². The third kappa shape index (κ3) is 4.23. The summed E-state index contributed by atoms with van der Waals surface area (Å²) in [7, 11) is 2.11. The predicted molar refractivity (Wildman–Crippen MR) is 85.2 cm³/mol. The fourth-order valence-electron chi connectivity index (χ4n) is 2.98. The molecular weight excluding hydrogens is 294 g/mol. The monoisotopic (exact) mass is 317 g/mol. The standard InChI is InChI=1S/C15H23N7O/c1-11-18-15(20-23-11)10-22-7-3-4-12(8-22)21(2)9-14-17-6-5-13(16)19-14/h5-6,12H,3-4,7-10H2,1-2H3,(H2,16,17,19). The van der Waals surface area contributed by atoms with Gasteiger partial charge < -0.3 is 10.3 Å². The van der Waals surface area contributed by atoms with E-state index in [4.69, 9.17) is 10.3 Å². The number of anilines is 1. The molecule has 23 heavy (non-hydrogen) atoms. The summed E-state index contributed by atoms with van der Waals surface area (Å²) in [5.74, 6) is 2.65. The van der Waals surface area contributed by atoms with Crippen LogP contribution >= 0.6 is 0 Å². The topological polar surface area (TPSA) is 97.2 Å². The van der Waals surface area contributed by atoms with Crippen LogP contribution in [0.2, 0.25) is 0 Å². The van der Waals surface area contributed by atoms with E-state index >= 15 is 0 Å². The highest BCUT2D eigenvalue weighted by Crippen LogP contribution is 2.17. The molecule has 2 aromatic rings. The minimum absolute atomic E-state index is 0.460.